The Morgan fingerprint density at radius 2 is 1.40 bits per heavy atom. The summed E-state index contributed by atoms with van der Waals surface area (Å²) in [6.45, 7) is 17.8. The molecule has 0 unspecified atom stereocenters. The minimum absolute atomic E-state index is 0.260. The number of hydrogen-bond acceptors (Lipinski definition) is 7. The molecule has 0 bridgehead atoms. The summed E-state index contributed by atoms with van der Waals surface area (Å²) >= 11 is 0. The van der Waals surface area contributed by atoms with Crippen LogP contribution in [0.25, 0.3) is 0 Å². The van der Waals surface area contributed by atoms with Gasteiger partial charge in [-0.25, -0.2) is 0 Å². The molecular formula is C41H82N4O3. The van der Waals surface area contributed by atoms with Gasteiger partial charge in [0.25, 0.3) is 0 Å². The molecule has 3 aliphatic rings. The molecule has 0 aromatic carbocycles. The smallest absolute Gasteiger partial charge is 0.0636 e. The molecule has 0 heterocycles. The third kappa shape index (κ3) is 12.4. The minimum Gasteiger partial charge on any atom is -0.381 e. The molecule has 3 rings (SSSR count). The first-order chi connectivity index (χ1) is 23.3. The molecular weight excluding hydrogens is 596 g/mol. The van der Waals surface area contributed by atoms with E-state index in [1.165, 1.54) is 90.0 Å². The summed E-state index contributed by atoms with van der Waals surface area (Å²) in [5.74, 6) is 3.51. The van der Waals surface area contributed by atoms with E-state index in [1.807, 2.05) is 0 Å². The zero-order chi connectivity index (χ0) is 34.7. The monoisotopic (exact) mass is 679 g/mol. The van der Waals surface area contributed by atoms with Gasteiger partial charge in [-0.1, -0.05) is 59.8 Å². The van der Waals surface area contributed by atoms with Crippen molar-refractivity contribution in [1.82, 2.24) is 5.32 Å². The molecule has 0 aromatic heterocycles. The van der Waals surface area contributed by atoms with E-state index in [9.17, 15) is 0 Å². The Bertz CT molecular complexity index is 819. The summed E-state index contributed by atoms with van der Waals surface area (Å²) in [6, 6.07) is 0. The SMILES string of the molecule is CCCCCCCCNCCC[C@@H](C)[C@H]1CC[C@H]2C[C@@H]([C@@]3(C)CC[C@@H](OCCCN)C[C@H]3CCOCCCN)C[C@H](OCCCN)[C@@]21C. The van der Waals surface area contributed by atoms with E-state index in [2.05, 4.69) is 33.0 Å². The van der Waals surface area contributed by atoms with E-state index in [-0.39, 0.29) is 10.8 Å². The highest BCUT2D eigenvalue weighted by atomic mass is 16.5. The van der Waals surface area contributed by atoms with Crippen molar-refractivity contribution in [3.63, 3.8) is 0 Å². The van der Waals surface area contributed by atoms with E-state index in [4.69, 9.17) is 31.4 Å². The Kier molecular flexibility index (Phi) is 20.5. The van der Waals surface area contributed by atoms with Crippen LogP contribution in [0.1, 0.15) is 150 Å². The first-order valence-electron chi connectivity index (χ1n) is 21.0. The summed E-state index contributed by atoms with van der Waals surface area (Å²) in [7, 11) is 0. The van der Waals surface area contributed by atoms with Crippen LogP contribution in [0.2, 0.25) is 0 Å². The van der Waals surface area contributed by atoms with Gasteiger partial charge in [-0.2, -0.15) is 0 Å². The van der Waals surface area contributed by atoms with Crippen LogP contribution in [0.15, 0.2) is 0 Å². The molecule has 0 aromatic rings. The van der Waals surface area contributed by atoms with Gasteiger partial charge in [0.15, 0.2) is 0 Å². The molecule has 3 aliphatic carbocycles. The maximum Gasteiger partial charge on any atom is 0.0636 e. The molecule has 9 atom stereocenters. The number of nitrogens with one attached hydrogen (secondary N) is 1. The lowest BCUT2D eigenvalue weighted by molar-refractivity contribution is -0.152. The fraction of sp³-hybridized carbons (Fsp3) is 1.00. The molecule has 48 heavy (non-hydrogen) atoms. The molecule has 7 N–H and O–H groups in total. The Hall–Kier alpha value is -0.280. The van der Waals surface area contributed by atoms with Gasteiger partial charge in [-0.3, -0.25) is 0 Å². The van der Waals surface area contributed by atoms with Crippen molar-refractivity contribution in [2.24, 2.45) is 57.6 Å². The number of rotatable bonds is 27. The molecule has 7 heteroatoms. The predicted octanol–water partition coefficient (Wildman–Crippen LogP) is 7.83. The van der Waals surface area contributed by atoms with Crippen LogP contribution >= 0.6 is 0 Å². The van der Waals surface area contributed by atoms with Crippen LogP contribution in [0, 0.1) is 40.4 Å². The average molecular weight is 679 g/mol. The topological polar surface area (TPSA) is 118 Å². The van der Waals surface area contributed by atoms with Crippen LogP contribution in [-0.2, 0) is 14.2 Å². The third-order valence-corrected chi connectivity index (χ3v) is 13.6. The van der Waals surface area contributed by atoms with Gasteiger partial charge in [-0.15, -0.1) is 0 Å². The van der Waals surface area contributed by atoms with E-state index in [0.717, 1.165) is 89.3 Å². The number of unbranched alkanes of at least 4 members (excludes halogenated alkanes) is 5. The molecule has 0 amide bonds. The maximum absolute atomic E-state index is 6.97. The Morgan fingerprint density at radius 1 is 0.708 bits per heavy atom. The second kappa shape index (κ2) is 23.3. The average Bonchev–Trinajstić information content (AvgIpc) is 3.44. The number of fused-ring (bicyclic) bond motifs is 1. The Morgan fingerprint density at radius 3 is 2.15 bits per heavy atom. The summed E-state index contributed by atoms with van der Waals surface area (Å²) in [5, 5.41) is 3.76. The van der Waals surface area contributed by atoms with Crippen molar-refractivity contribution in [3.8, 4) is 0 Å². The summed E-state index contributed by atoms with van der Waals surface area (Å²) in [4.78, 5) is 0. The molecule has 3 saturated carbocycles. The van der Waals surface area contributed by atoms with Crippen LogP contribution in [0.5, 0.6) is 0 Å². The predicted molar refractivity (Wildman–Crippen MR) is 203 cm³/mol. The molecule has 284 valence electrons. The lowest BCUT2D eigenvalue weighted by Gasteiger charge is -2.57. The number of hydrogen-bond donors (Lipinski definition) is 4. The molecule has 3 fully saturated rings. The molecule has 0 aliphatic heterocycles. The van der Waals surface area contributed by atoms with Crippen LogP contribution in [-0.4, -0.2) is 71.4 Å². The van der Waals surface area contributed by atoms with Gasteiger partial charge in [0.2, 0.25) is 0 Å². The minimum atomic E-state index is 0.260. The van der Waals surface area contributed by atoms with E-state index in [1.54, 1.807) is 0 Å². The zero-order valence-corrected chi connectivity index (χ0v) is 32.3. The second-order valence-electron chi connectivity index (χ2n) is 16.7. The molecule has 7 nitrogen and oxygen atoms in total. The van der Waals surface area contributed by atoms with E-state index >= 15 is 0 Å². The largest absolute Gasteiger partial charge is 0.381 e. The molecule has 0 saturated heterocycles. The Balaban J connectivity index is 1.64. The highest BCUT2D eigenvalue weighted by molar-refractivity contribution is 5.08. The fourth-order valence-corrected chi connectivity index (χ4v) is 10.4. The second-order valence-corrected chi connectivity index (χ2v) is 16.7. The van der Waals surface area contributed by atoms with Gasteiger partial charge in [0.1, 0.15) is 0 Å². The number of nitrogens with two attached hydrogens (primary N) is 3. The lowest BCUT2D eigenvalue weighted by Crippen LogP contribution is -2.54. The van der Waals surface area contributed by atoms with Gasteiger partial charge in [0, 0.05) is 26.4 Å². The number of ether oxygens (including phenoxy) is 3. The van der Waals surface area contributed by atoms with Crippen LogP contribution < -0.4 is 22.5 Å². The Labute approximate surface area is 297 Å². The third-order valence-electron chi connectivity index (χ3n) is 13.6. The normalized spacial score (nSPS) is 32.8. The van der Waals surface area contributed by atoms with Crippen LogP contribution in [0.3, 0.4) is 0 Å². The quantitative estimate of drug-likeness (QED) is 0.0655. The van der Waals surface area contributed by atoms with Gasteiger partial charge >= 0.3 is 0 Å². The van der Waals surface area contributed by atoms with E-state index < -0.39 is 0 Å². The van der Waals surface area contributed by atoms with Crippen molar-refractivity contribution in [3.05, 3.63) is 0 Å². The van der Waals surface area contributed by atoms with Crippen molar-refractivity contribution in [2.45, 2.75) is 162 Å². The fourth-order valence-electron chi connectivity index (χ4n) is 10.4. The van der Waals surface area contributed by atoms with Crippen molar-refractivity contribution in [2.75, 3.05) is 59.2 Å². The highest BCUT2D eigenvalue weighted by Gasteiger charge is 2.59. The molecule has 0 radical (unpaired) electrons. The van der Waals surface area contributed by atoms with Gasteiger partial charge < -0.3 is 36.7 Å². The zero-order valence-electron chi connectivity index (χ0n) is 32.3. The molecule has 0 spiro atoms. The highest BCUT2D eigenvalue weighted by Crippen LogP contribution is 2.64. The van der Waals surface area contributed by atoms with Gasteiger partial charge in [0.05, 0.1) is 12.2 Å². The summed E-state index contributed by atoms with van der Waals surface area (Å²) in [6.07, 6.45) is 24.3. The standard InChI is InChI=1S/C41H82N4O3/c1-5-6-7-8-9-10-24-45-25-11-15-33(2)38-17-16-35-30-36(32-39(41(35,38)4)48-28-14-23-44)40(3)20-18-37(47-27-13-22-43)31-34(40)19-29-46-26-12-21-42/h33-39,45H,5-32,42-44H2,1-4H3/t33-,34-,35+,36-,37-,38-,39+,40+,41+/m1/s1. The first-order valence-corrected chi connectivity index (χ1v) is 21.0. The van der Waals surface area contributed by atoms with Crippen molar-refractivity contribution >= 4 is 0 Å². The van der Waals surface area contributed by atoms with Crippen molar-refractivity contribution in [1.29, 1.82) is 0 Å². The maximum atomic E-state index is 6.97. The van der Waals surface area contributed by atoms with Crippen LogP contribution in [0.4, 0.5) is 0 Å². The first kappa shape index (κ1) is 42.1. The summed E-state index contributed by atoms with van der Waals surface area (Å²) in [5.41, 5.74) is 18.1. The van der Waals surface area contributed by atoms with Crippen molar-refractivity contribution < 1.29 is 14.2 Å². The summed E-state index contributed by atoms with van der Waals surface area (Å²) < 4.78 is 19.5. The van der Waals surface area contributed by atoms with Gasteiger partial charge in [-0.05, 0) is 163 Å². The van der Waals surface area contributed by atoms with E-state index in [0.29, 0.717) is 43.7 Å². The lowest BCUT2D eigenvalue weighted by atomic mass is 9.50.